The molecule has 0 unspecified atom stereocenters. The number of hydrogen-bond donors (Lipinski definition) is 1. The molecule has 1 aliphatic heterocycles. The van der Waals surface area contributed by atoms with Crippen molar-refractivity contribution in [1.82, 2.24) is 19.7 Å². The highest BCUT2D eigenvalue weighted by Crippen LogP contribution is 2.34. The smallest absolute Gasteiger partial charge is 0.234 e. The summed E-state index contributed by atoms with van der Waals surface area (Å²) in [5, 5.41) is 11.9. The lowest BCUT2D eigenvalue weighted by Crippen LogP contribution is -2.14. The maximum atomic E-state index is 12.2. The largest absolute Gasteiger partial charge is 0.454 e. The fourth-order valence-corrected chi connectivity index (χ4v) is 3.21. The number of thioether (sulfide) groups is 1. The Hall–Kier alpha value is -3.07. The summed E-state index contributed by atoms with van der Waals surface area (Å²) < 4.78 is 12.4. The Kier molecular flexibility index (Phi) is 4.44. The van der Waals surface area contributed by atoms with E-state index in [-0.39, 0.29) is 18.5 Å². The summed E-state index contributed by atoms with van der Waals surface area (Å²) in [6.45, 7) is 0.203. The summed E-state index contributed by atoms with van der Waals surface area (Å²) >= 11 is 1.32. The highest BCUT2D eigenvalue weighted by molar-refractivity contribution is 7.99. The monoisotopic (exact) mass is 369 g/mol. The second-order valence-electron chi connectivity index (χ2n) is 5.51. The average molecular weight is 369 g/mol. The first-order valence-corrected chi connectivity index (χ1v) is 8.81. The first-order valence-electron chi connectivity index (χ1n) is 7.83. The zero-order chi connectivity index (χ0) is 17.9. The molecule has 8 nitrogen and oxygen atoms in total. The second kappa shape index (κ2) is 7.04. The minimum Gasteiger partial charge on any atom is -0.454 e. The van der Waals surface area contributed by atoms with E-state index >= 15 is 0 Å². The van der Waals surface area contributed by atoms with Gasteiger partial charge in [0.15, 0.2) is 22.5 Å². The predicted molar refractivity (Wildman–Crippen MR) is 96.2 cm³/mol. The number of carbonyl (C=O) groups is 1. The molecule has 0 bridgehead atoms. The van der Waals surface area contributed by atoms with Crippen LogP contribution in [0, 0.1) is 0 Å². The normalized spacial score (nSPS) is 12.2. The summed E-state index contributed by atoms with van der Waals surface area (Å²) in [7, 11) is 1.87. The topological polar surface area (TPSA) is 91.2 Å². The van der Waals surface area contributed by atoms with Crippen LogP contribution in [-0.2, 0) is 11.8 Å². The summed E-state index contributed by atoms with van der Waals surface area (Å²) in [5.74, 6) is 2.12. The second-order valence-corrected chi connectivity index (χ2v) is 6.45. The number of amides is 1. The van der Waals surface area contributed by atoms with Crippen molar-refractivity contribution in [3.8, 4) is 22.9 Å². The predicted octanol–water partition coefficient (Wildman–Crippen LogP) is 2.34. The molecule has 0 radical (unpaired) electrons. The zero-order valence-corrected chi connectivity index (χ0v) is 14.7. The van der Waals surface area contributed by atoms with Crippen molar-refractivity contribution >= 4 is 23.4 Å². The molecule has 1 N–H and O–H groups in total. The van der Waals surface area contributed by atoms with Gasteiger partial charge in [-0.1, -0.05) is 11.8 Å². The SMILES string of the molecule is Cn1c(SCC(=O)Nc2ccc3c(c2)OCO3)nnc1-c1ccncc1. The average Bonchev–Trinajstić information content (AvgIpc) is 3.27. The molecule has 1 aromatic carbocycles. The van der Waals surface area contributed by atoms with Crippen LogP contribution in [-0.4, -0.2) is 38.2 Å². The van der Waals surface area contributed by atoms with Gasteiger partial charge in [-0.05, 0) is 24.3 Å². The molecule has 2 aromatic heterocycles. The zero-order valence-electron chi connectivity index (χ0n) is 13.9. The molecule has 0 aliphatic carbocycles. The number of nitrogens with zero attached hydrogens (tertiary/aromatic N) is 4. The van der Waals surface area contributed by atoms with E-state index in [1.54, 1.807) is 30.6 Å². The highest BCUT2D eigenvalue weighted by Gasteiger charge is 2.15. The Morgan fingerprint density at radius 2 is 2.00 bits per heavy atom. The van der Waals surface area contributed by atoms with Gasteiger partial charge in [0.1, 0.15) is 0 Å². The standard InChI is InChI=1S/C17H15N5O3S/c1-22-16(11-4-6-18-7-5-11)20-21-17(22)26-9-15(23)19-12-2-3-13-14(8-12)25-10-24-13/h2-8H,9-10H2,1H3,(H,19,23). The van der Waals surface area contributed by atoms with Crippen molar-refractivity contribution in [1.29, 1.82) is 0 Å². The molecule has 1 amide bonds. The number of benzene rings is 1. The third-order valence-corrected chi connectivity index (χ3v) is 4.78. The van der Waals surface area contributed by atoms with Crippen LogP contribution < -0.4 is 14.8 Å². The fourth-order valence-electron chi connectivity index (χ4n) is 2.49. The van der Waals surface area contributed by atoms with Gasteiger partial charge < -0.3 is 19.4 Å². The lowest BCUT2D eigenvalue weighted by atomic mass is 10.2. The van der Waals surface area contributed by atoms with Crippen LogP contribution in [0.4, 0.5) is 5.69 Å². The van der Waals surface area contributed by atoms with Crippen LogP contribution in [0.3, 0.4) is 0 Å². The molecule has 0 atom stereocenters. The Bertz CT molecular complexity index is 945. The van der Waals surface area contributed by atoms with Gasteiger partial charge >= 0.3 is 0 Å². The first kappa shape index (κ1) is 16.4. The van der Waals surface area contributed by atoms with Crippen molar-refractivity contribution in [2.24, 2.45) is 7.05 Å². The number of aromatic nitrogens is 4. The van der Waals surface area contributed by atoms with Crippen LogP contribution >= 0.6 is 11.8 Å². The summed E-state index contributed by atoms with van der Waals surface area (Å²) in [6.07, 6.45) is 3.41. The molecule has 132 valence electrons. The van der Waals surface area contributed by atoms with E-state index < -0.39 is 0 Å². The summed E-state index contributed by atoms with van der Waals surface area (Å²) in [6, 6.07) is 9.03. The number of ether oxygens (including phenoxy) is 2. The molecule has 0 spiro atoms. The molecule has 9 heteroatoms. The van der Waals surface area contributed by atoms with Gasteiger partial charge in [0.2, 0.25) is 12.7 Å². The minimum atomic E-state index is -0.137. The summed E-state index contributed by atoms with van der Waals surface area (Å²) in [4.78, 5) is 16.2. The fraction of sp³-hybridized carbons (Fsp3) is 0.176. The van der Waals surface area contributed by atoms with Crippen LogP contribution in [0.15, 0.2) is 47.9 Å². The van der Waals surface area contributed by atoms with E-state index in [2.05, 4.69) is 20.5 Å². The summed E-state index contributed by atoms with van der Waals surface area (Å²) in [5.41, 5.74) is 1.59. The van der Waals surface area contributed by atoms with Gasteiger partial charge in [-0.25, -0.2) is 0 Å². The van der Waals surface area contributed by atoms with Gasteiger partial charge in [0, 0.05) is 36.8 Å². The Labute approximate surface area is 153 Å². The van der Waals surface area contributed by atoms with E-state index in [0.29, 0.717) is 22.3 Å². The van der Waals surface area contributed by atoms with Gasteiger partial charge in [0.25, 0.3) is 0 Å². The van der Waals surface area contributed by atoms with Crippen LogP contribution in [0.2, 0.25) is 0 Å². The lowest BCUT2D eigenvalue weighted by molar-refractivity contribution is -0.113. The molecule has 0 saturated carbocycles. The molecule has 26 heavy (non-hydrogen) atoms. The van der Waals surface area contributed by atoms with Crippen molar-refractivity contribution in [2.45, 2.75) is 5.16 Å². The van der Waals surface area contributed by atoms with E-state index in [4.69, 9.17) is 9.47 Å². The van der Waals surface area contributed by atoms with Crippen molar-refractivity contribution in [2.75, 3.05) is 17.9 Å². The number of nitrogens with one attached hydrogen (secondary N) is 1. The van der Waals surface area contributed by atoms with E-state index in [0.717, 1.165) is 11.4 Å². The molecule has 1 aliphatic rings. The molecule has 0 fully saturated rings. The van der Waals surface area contributed by atoms with Crippen molar-refractivity contribution in [3.05, 3.63) is 42.7 Å². The number of hydrogen-bond acceptors (Lipinski definition) is 7. The van der Waals surface area contributed by atoms with E-state index in [1.807, 2.05) is 23.7 Å². The Morgan fingerprint density at radius 1 is 1.19 bits per heavy atom. The molecule has 0 saturated heterocycles. The minimum absolute atomic E-state index is 0.137. The van der Waals surface area contributed by atoms with Gasteiger partial charge in [0.05, 0.1) is 5.75 Å². The lowest BCUT2D eigenvalue weighted by Gasteiger charge is -2.06. The maximum Gasteiger partial charge on any atom is 0.234 e. The highest BCUT2D eigenvalue weighted by atomic mass is 32.2. The maximum absolute atomic E-state index is 12.2. The first-order chi connectivity index (χ1) is 12.7. The van der Waals surface area contributed by atoms with Gasteiger partial charge in [-0.15, -0.1) is 10.2 Å². The Balaban J connectivity index is 1.38. The van der Waals surface area contributed by atoms with Gasteiger partial charge in [-0.3, -0.25) is 9.78 Å². The molecule has 4 rings (SSSR count). The van der Waals surface area contributed by atoms with Crippen LogP contribution in [0.1, 0.15) is 0 Å². The van der Waals surface area contributed by atoms with Crippen molar-refractivity contribution in [3.63, 3.8) is 0 Å². The van der Waals surface area contributed by atoms with E-state index in [1.165, 1.54) is 11.8 Å². The number of carbonyl (C=O) groups excluding carboxylic acids is 1. The van der Waals surface area contributed by atoms with Gasteiger partial charge in [-0.2, -0.15) is 0 Å². The number of rotatable bonds is 5. The molecular weight excluding hydrogens is 354 g/mol. The number of anilines is 1. The van der Waals surface area contributed by atoms with Crippen molar-refractivity contribution < 1.29 is 14.3 Å². The molecule has 3 aromatic rings. The quantitative estimate of drug-likeness (QED) is 0.690. The third kappa shape index (κ3) is 3.33. The van der Waals surface area contributed by atoms with E-state index in [9.17, 15) is 4.79 Å². The number of pyridine rings is 1. The van der Waals surface area contributed by atoms with Crippen LogP contribution in [0.5, 0.6) is 11.5 Å². The Morgan fingerprint density at radius 3 is 2.85 bits per heavy atom. The molecular formula is C17H15N5O3S. The molecule has 3 heterocycles. The van der Waals surface area contributed by atoms with Crippen LogP contribution in [0.25, 0.3) is 11.4 Å². The number of fused-ring (bicyclic) bond motifs is 1. The third-order valence-electron chi connectivity index (χ3n) is 3.76.